The molecule has 0 saturated heterocycles. The Morgan fingerprint density at radius 2 is 2.00 bits per heavy atom. The van der Waals surface area contributed by atoms with E-state index in [4.69, 9.17) is 0 Å². The summed E-state index contributed by atoms with van der Waals surface area (Å²) < 4.78 is 2.37. The van der Waals surface area contributed by atoms with Gasteiger partial charge in [-0.25, -0.2) is 0 Å². The van der Waals surface area contributed by atoms with Gasteiger partial charge in [-0.15, -0.1) is 0 Å². The Kier molecular flexibility index (Phi) is 2.29. The maximum atomic E-state index is 2.43. The molecule has 1 aliphatic rings. The van der Waals surface area contributed by atoms with E-state index in [1.807, 2.05) is 0 Å². The van der Waals surface area contributed by atoms with Crippen molar-refractivity contribution in [1.82, 2.24) is 4.57 Å². The zero-order chi connectivity index (χ0) is 11.0. The molecule has 1 aromatic carbocycles. The summed E-state index contributed by atoms with van der Waals surface area (Å²) in [6.45, 7) is 4.43. The molecule has 0 saturated carbocycles. The van der Waals surface area contributed by atoms with Gasteiger partial charge in [-0.3, -0.25) is 0 Å². The van der Waals surface area contributed by atoms with Crippen LogP contribution in [0.5, 0.6) is 0 Å². The van der Waals surface area contributed by atoms with Gasteiger partial charge >= 0.3 is 0 Å². The van der Waals surface area contributed by atoms with E-state index in [9.17, 15) is 0 Å². The van der Waals surface area contributed by atoms with Crippen molar-refractivity contribution in [2.24, 2.45) is 0 Å². The van der Waals surface area contributed by atoms with Crippen LogP contribution in [0.3, 0.4) is 0 Å². The highest BCUT2D eigenvalue weighted by Gasteiger charge is 2.23. The highest BCUT2D eigenvalue weighted by molar-refractivity contribution is 5.29. The van der Waals surface area contributed by atoms with E-state index >= 15 is 0 Å². The predicted octanol–water partition coefficient (Wildman–Crippen LogP) is 1.46. The summed E-state index contributed by atoms with van der Waals surface area (Å²) in [7, 11) is 0. The molecule has 0 spiro atoms. The molecule has 0 aliphatic carbocycles. The Hall–Kier alpha value is -1.54. The second-order valence-corrected chi connectivity index (χ2v) is 4.54. The van der Waals surface area contributed by atoms with Crippen LogP contribution in [-0.2, 0) is 6.54 Å². The van der Waals surface area contributed by atoms with Crippen molar-refractivity contribution < 1.29 is 5.32 Å². The third-order valence-electron chi connectivity index (χ3n) is 3.39. The van der Waals surface area contributed by atoms with Crippen molar-refractivity contribution >= 4 is 0 Å². The fourth-order valence-electron chi connectivity index (χ4n) is 2.49. The fourth-order valence-corrected chi connectivity index (χ4v) is 2.49. The van der Waals surface area contributed by atoms with Crippen molar-refractivity contribution in [2.45, 2.75) is 19.5 Å². The number of hydrogen-bond donors (Lipinski definition) is 1. The Morgan fingerprint density at radius 1 is 1.19 bits per heavy atom. The minimum Gasteiger partial charge on any atom is -0.341 e. The number of benzene rings is 1. The largest absolute Gasteiger partial charge is 0.341 e. The number of nitrogens with zero attached hydrogens (tertiary/aromatic N) is 1. The predicted molar refractivity (Wildman–Crippen MR) is 64.2 cm³/mol. The summed E-state index contributed by atoms with van der Waals surface area (Å²) in [5.74, 6) is 0. The second kappa shape index (κ2) is 3.80. The maximum Gasteiger partial charge on any atom is 0.152 e. The highest BCUT2D eigenvalue weighted by atomic mass is 15.1. The molecule has 2 heterocycles. The summed E-state index contributed by atoms with van der Waals surface area (Å²) in [5.41, 5.74) is 4.16. The summed E-state index contributed by atoms with van der Waals surface area (Å²) in [6.07, 6.45) is 2.18. The molecule has 2 heteroatoms. The Bertz CT molecular complexity index is 482. The lowest BCUT2D eigenvalue weighted by Gasteiger charge is -2.23. The number of hydrogen-bond acceptors (Lipinski definition) is 0. The Morgan fingerprint density at radius 3 is 2.81 bits per heavy atom. The van der Waals surface area contributed by atoms with Gasteiger partial charge in [0.15, 0.2) is 6.04 Å². The van der Waals surface area contributed by atoms with Crippen LogP contribution in [0.2, 0.25) is 0 Å². The molecule has 0 fully saturated rings. The van der Waals surface area contributed by atoms with E-state index in [-0.39, 0.29) is 0 Å². The van der Waals surface area contributed by atoms with E-state index in [0.29, 0.717) is 6.04 Å². The molecular weight excluding hydrogens is 196 g/mol. The van der Waals surface area contributed by atoms with Crippen LogP contribution in [0.4, 0.5) is 0 Å². The summed E-state index contributed by atoms with van der Waals surface area (Å²) in [4.78, 5) is 0. The van der Waals surface area contributed by atoms with E-state index in [1.165, 1.54) is 23.4 Å². The minimum atomic E-state index is 0.476. The average molecular weight is 213 g/mol. The first-order chi connectivity index (χ1) is 7.84. The summed E-state index contributed by atoms with van der Waals surface area (Å²) >= 11 is 0. The van der Waals surface area contributed by atoms with Crippen molar-refractivity contribution in [1.29, 1.82) is 0 Å². The van der Waals surface area contributed by atoms with Crippen LogP contribution < -0.4 is 5.32 Å². The zero-order valence-electron chi connectivity index (χ0n) is 9.56. The molecule has 2 aromatic rings. The third kappa shape index (κ3) is 1.55. The lowest BCUT2D eigenvalue weighted by Crippen LogP contribution is -2.88. The van der Waals surface area contributed by atoms with E-state index in [0.717, 1.165) is 6.54 Å². The van der Waals surface area contributed by atoms with Crippen LogP contribution in [0.25, 0.3) is 0 Å². The van der Waals surface area contributed by atoms with Crippen molar-refractivity contribution in [3.63, 3.8) is 0 Å². The molecule has 3 rings (SSSR count). The number of quaternary nitrogens is 1. The van der Waals surface area contributed by atoms with Gasteiger partial charge in [0, 0.05) is 11.8 Å². The molecule has 0 bridgehead atoms. The first kappa shape index (κ1) is 9.67. The molecule has 0 amide bonds. The topological polar surface area (TPSA) is 21.5 Å². The quantitative estimate of drug-likeness (QED) is 0.741. The average Bonchev–Trinajstić information content (AvgIpc) is 2.78. The lowest BCUT2D eigenvalue weighted by molar-refractivity contribution is -0.693. The van der Waals surface area contributed by atoms with Crippen LogP contribution in [-0.4, -0.2) is 11.1 Å². The van der Waals surface area contributed by atoms with E-state index in [1.54, 1.807) is 0 Å². The first-order valence-corrected chi connectivity index (χ1v) is 5.89. The molecule has 0 unspecified atom stereocenters. The molecule has 0 radical (unpaired) electrons. The molecule has 2 nitrogen and oxygen atoms in total. The smallest absolute Gasteiger partial charge is 0.152 e. The lowest BCUT2D eigenvalue weighted by atomic mass is 10.0. The van der Waals surface area contributed by atoms with Gasteiger partial charge < -0.3 is 9.88 Å². The summed E-state index contributed by atoms with van der Waals surface area (Å²) in [6, 6.07) is 13.8. The van der Waals surface area contributed by atoms with Crippen LogP contribution in [0.1, 0.15) is 22.9 Å². The molecule has 1 aromatic heterocycles. The summed E-state index contributed by atoms with van der Waals surface area (Å²) in [5, 5.41) is 2.43. The van der Waals surface area contributed by atoms with Gasteiger partial charge in [-0.05, 0) is 19.1 Å². The van der Waals surface area contributed by atoms with Gasteiger partial charge in [0.2, 0.25) is 0 Å². The standard InChI is InChI=1S/C14H16N2/c1-11-4-6-12(7-5-11)14-13-3-2-9-16(13)10-8-15-14/h2-7,9,14-15H,8,10H2,1H3/p+1/t14-/m1/s1. The normalized spacial score (nSPS) is 19.4. The molecular formula is C14H17N2+. The minimum absolute atomic E-state index is 0.476. The number of fused-ring (bicyclic) bond motifs is 1. The number of rotatable bonds is 1. The van der Waals surface area contributed by atoms with E-state index < -0.39 is 0 Å². The monoisotopic (exact) mass is 213 g/mol. The van der Waals surface area contributed by atoms with Gasteiger partial charge in [-0.2, -0.15) is 0 Å². The van der Waals surface area contributed by atoms with Crippen LogP contribution in [0, 0.1) is 6.92 Å². The van der Waals surface area contributed by atoms with Crippen molar-refractivity contribution in [3.05, 3.63) is 59.4 Å². The fraction of sp³-hybridized carbons (Fsp3) is 0.286. The number of nitrogens with two attached hydrogens (primary N) is 1. The molecule has 1 atom stereocenters. The van der Waals surface area contributed by atoms with Gasteiger partial charge in [-0.1, -0.05) is 29.8 Å². The first-order valence-electron chi connectivity index (χ1n) is 5.89. The van der Waals surface area contributed by atoms with Gasteiger partial charge in [0.1, 0.15) is 0 Å². The molecule has 2 N–H and O–H groups in total. The number of aromatic nitrogens is 1. The maximum absolute atomic E-state index is 2.43. The molecule has 16 heavy (non-hydrogen) atoms. The molecule has 1 aliphatic heterocycles. The van der Waals surface area contributed by atoms with Gasteiger partial charge in [0.05, 0.1) is 18.8 Å². The van der Waals surface area contributed by atoms with Crippen molar-refractivity contribution in [3.8, 4) is 0 Å². The zero-order valence-corrected chi connectivity index (χ0v) is 9.56. The molecule has 82 valence electrons. The van der Waals surface area contributed by atoms with Crippen LogP contribution in [0.15, 0.2) is 42.6 Å². The second-order valence-electron chi connectivity index (χ2n) is 4.54. The number of aryl methyl sites for hydroxylation is 1. The third-order valence-corrected chi connectivity index (χ3v) is 3.39. The van der Waals surface area contributed by atoms with Gasteiger partial charge in [0.25, 0.3) is 0 Å². The van der Waals surface area contributed by atoms with Crippen LogP contribution >= 0.6 is 0 Å². The highest BCUT2D eigenvalue weighted by Crippen LogP contribution is 2.21. The Labute approximate surface area is 95.9 Å². The van der Waals surface area contributed by atoms with Crippen molar-refractivity contribution in [2.75, 3.05) is 6.54 Å². The van der Waals surface area contributed by atoms with E-state index in [2.05, 4.69) is 59.4 Å². The Balaban J connectivity index is 2.00. The SMILES string of the molecule is Cc1ccc([C@H]2[NH2+]CCn3cccc32)cc1.